The number of hydrogen-bond acceptors (Lipinski definition) is 4. The van der Waals surface area contributed by atoms with Crippen LogP contribution in [0.15, 0.2) is 24.3 Å². The van der Waals surface area contributed by atoms with E-state index in [1.807, 2.05) is 13.1 Å². The molecule has 5 nitrogen and oxygen atoms in total. The van der Waals surface area contributed by atoms with E-state index >= 15 is 0 Å². The summed E-state index contributed by atoms with van der Waals surface area (Å²) in [5.41, 5.74) is 8.04. The first-order valence-electron chi connectivity index (χ1n) is 7.95. The summed E-state index contributed by atoms with van der Waals surface area (Å²) in [5.74, 6) is 0.0634. The number of hydrogen-bond donors (Lipinski definition) is 1. The molecule has 1 aromatic rings. The monoisotopic (exact) mass is 377 g/mol. The Hall–Kier alpha value is -1.01. The average Bonchev–Trinajstić information content (AvgIpc) is 3.07. The fourth-order valence-electron chi connectivity index (χ4n) is 2.87. The molecule has 1 aliphatic heterocycles. The number of nitrogens with two attached hydrogens (primary N) is 1. The van der Waals surface area contributed by atoms with Crippen LogP contribution in [0.3, 0.4) is 0 Å². The highest BCUT2D eigenvalue weighted by Crippen LogP contribution is 2.25. The quantitative estimate of drug-likeness (QED) is 0.792. The number of para-hydroxylation sites is 1. The minimum absolute atomic E-state index is 0. The summed E-state index contributed by atoms with van der Waals surface area (Å²) in [5, 5.41) is 0. The first kappa shape index (κ1) is 23.0. The number of benzene rings is 1. The van der Waals surface area contributed by atoms with Gasteiger partial charge in [0.05, 0.1) is 12.5 Å². The lowest BCUT2D eigenvalue weighted by molar-refractivity contribution is -0.132. The minimum Gasteiger partial charge on any atom is -0.380 e. The van der Waals surface area contributed by atoms with Gasteiger partial charge < -0.3 is 20.3 Å². The van der Waals surface area contributed by atoms with E-state index in [0.29, 0.717) is 19.5 Å². The van der Waals surface area contributed by atoms with Crippen molar-refractivity contribution in [3.8, 4) is 0 Å². The molecular weight excluding hydrogens is 349 g/mol. The fourth-order valence-corrected chi connectivity index (χ4v) is 2.87. The topological polar surface area (TPSA) is 58.8 Å². The van der Waals surface area contributed by atoms with Gasteiger partial charge in [-0.15, -0.1) is 24.8 Å². The summed E-state index contributed by atoms with van der Waals surface area (Å²) in [4.78, 5) is 16.5. The molecule has 0 radical (unpaired) electrons. The van der Waals surface area contributed by atoms with Crippen molar-refractivity contribution in [3.05, 3.63) is 29.8 Å². The first-order chi connectivity index (χ1) is 10.7. The van der Waals surface area contributed by atoms with E-state index in [0.717, 1.165) is 13.1 Å². The van der Waals surface area contributed by atoms with Crippen LogP contribution in [0.1, 0.15) is 24.8 Å². The third-order valence-electron chi connectivity index (χ3n) is 4.27. The number of methoxy groups -OCH3 is 1. The number of halogens is 2. The third kappa shape index (κ3) is 6.13. The van der Waals surface area contributed by atoms with Gasteiger partial charge in [0.2, 0.25) is 5.91 Å². The third-order valence-corrected chi connectivity index (χ3v) is 4.27. The summed E-state index contributed by atoms with van der Waals surface area (Å²) < 4.78 is 5.19. The zero-order valence-electron chi connectivity index (χ0n) is 14.4. The Bertz CT molecular complexity index is 492. The predicted octanol–water partition coefficient (Wildman–Crippen LogP) is 2.45. The van der Waals surface area contributed by atoms with Crippen molar-refractivity contribution in [2.45, 2.75) is 31.9 Å². The molecule has 1 aromatic carbocycles. The number of anilines is 1. The van der Waals surface area contributed by atoms with Crippen LogP contribution in [0.2, 0.25) is 0 Å². The predicted molar refractivity (Wildman–Crippen MR) is 103 cm³/mol. The zero-order valence-corrected chi connectivity index (χ0v) is 16.1. The largest absolute Gasteiger partial charge is 0.380 e. The molecular formula is C17H29Cl2N3O2. The summed E-state index contributed by atoms with van der Waals surface area (Å²) in [6, 6.07) is 8.35. The maximum Gasteiger partial charge on any atom is 0.225 e. The molecule has 138 valence electrons. The molecule has 0 saturated carbocycles. The molecule has 2 rings (SSSR count). The van der Waals surface area contributed by atoms with Crippen LogP contribution in [0.4, 0.5) is 5.69 Å². The lowest BCUT2D eigenvalue weighted by Gasteiger charge is -2.25. The maximum atomic E-state index is 12.3. The number of carbonyl (C=O) groups excluding carboxylic acids is 1. The van der Waals surface area contributed by atoms with Crippen LogP contribution in [-0.2, 0) is 16.1 Å². The van der Waals surface area contributed by atoms with Gasteiger partial charge in [0, 0.05) is 46.0 Å². The zero-order chi connectivity index (χ0) is 15.9. The minimum atomic E-state index is -0.205. The van der Waals surface area contributed by atoms with Gasteiger partial charge in [-0.05, 0) is 24.5 Å². The number of rotatable bonds is 7. The van der Waals surface area contributed by atoms with E-state index in [1.54, 1.807) is 12.0 Å². The summed E-state index contributed by atoms with van der Waals surface area (Å²) in [6.45, 7) is 3.19. The van der Waals surface area contributed by atoms with E-state index < -0.39 is 0 Å². The molecule has 24 heavy (non-hydrogen) atoms. The van der Waals surface area contributed by atoms with Crippen molar-refractivity contribution in [2.75, 3.05) is 38.7 Å². The van der Waals surface area contributed by atoms with Gasteiger partial charge in [-0.25, -0.2) is 0 Å². The average molecular weight is 378 g/mol. The van der Waals surface area contributed by atoms with Crippen LogP contribution in [-0.4, -0.2) is 50.7 Å². The highest BCUT2D eigenvalue weighted by molar-refractivity contribution is 5.85. The van der Waals surface area contributed by atoms with Gasteiger partial charge in [-0.2, -0.15) is 0 Å². The van der Waals surface area contributed by atoms with Crippen molar-refractivity contribution in [1.82, 2.24) is 4.90 Å². The van der Waals surface area contributed by atoms with Gasteiger partial charge in [0.1, 0.15) is 0 Å². The number of nitrogens with zero attached hydrogens (tertiary/aromatic N) is 2. The van der Waals surface area contributed by atoms with Crippen molar-refractivity contribution in [1.29, 1.82) is 0 Å². The van der Waals surface area contributed by atoms with Gasteiger partial charge in [-0.3, -0.25) is 4.79 Å². The SMILES string of the molecule is COC(CN)CC(=O)N(C)Cc1ccccc1N1CCCC1.Cl.Cl. The van der Waals surface area contributed by atoms with Crippen molar-refractivity contribution in [3.63, 3.8) is 0 Å². The molecule has 0 aromatic heterocycles. The van der Waals surface area contributed by atoms with Crippen LogP contribution in [0.25, 0.3) is 0 Å². The summed E-state index contributed by atoms with van der Waals surface area (Å²) >= 11 is 0. The summed E-state index contributed by atoms with van der Waals surface area (Å²) in [7, 11) is 3.43. The van der Waals surface area contributed by atoms with Crippen molar-refractivity contribution in [2.24, 2.45) is 5.73 Å². The molecule has 0 aliphatic carbocycles. The van der Waals surface area contributed by atoms with Gasteiger partial charge in [0.15, 0.2) is 0 Å². The Balaban J connectivity index is 0.00000264. The lowest BCUT2D eigenvalue weighted by Crippen LogP contribution is -2.33. The van der Waals surface area contributed by atoms with Gasteiger partial charge >= 0.3 is 0 Å². The Labute approximate surface area is 157 Å². The van der Waals surface area contributed by atoms with Gasteiger partial charge in [-0.1, -0.05) is 18.2 Å². The smallest absolute Gasteiger partial charge is 0.225 e. The van der Waals surface area contributed by atoms with E-state index in [-0.39, 0.29) is 36.8 Å². The van der Waals surface area contributed by atoms with Crippen LogP contribution in [0, 0.1) is 0 Å². The van der Waals surface area contributed by atoms with Crippen molar-refractivity contribution >= 4 is 36.4 Å². The Morgan fingerprint density at radius 2 is 1.92 bits per heavy atom. The fraction of sp³-hybridized carbons (Fsp3) is 0.588. The van der Waals surface area contributed by atoms with Crippen molar-refractivity contribution < 1.29 is 9.53 Å². The second-order valence-corrected chi connectivity index (χ2v) is 5.87. The summed E-state index contributed by atoms with van der Waals surface area (Å²) in [6.07, 6.45) is 2.61. The Kier molecular flexibility index (Phi) is 11.0. The molecule has 1 aliphatic rings. The van der Waals surface area contributed by atoms with E-state index in [9.17, 15) is 4.79 Å². The molecule has 0 bridgehead atoms. The molecule has 1 unspecified atom stereocenters. The highest BCUT2D eigenvalue weighted by atomic mass is 35.5. The van der Waals surface area contributed by atoms with E-state index in [1.165, 1.54) is 24.1 Å². The molecule has 1 amide bonds. The number of amides is 1. The Morgan fingerprint density at radius 1 is 1.29 bits per heavy atom. The molecule has 1 saturated heterocycles. The second kappa shape index (κ2) is 11.5. The lowest BCUT2D eigenvalue weighted by atomic mass is 10.1. The Morgan fingerprint density at radius 3 is 2.50 bits per heavy atom. The molecule has 1 heterocycles. The van der Waals surface area contributed by atoms with E-state index in [2.05, 4.69) is 23.1 Å². The normalized spacial score (nSPS) is 14.5. The number of carbonyl (C=O) groups is 1. The van der Waals surface area contributed by atoms with Crippen LogP contribution < -0.4 is 10.6 Å². The standard InChI is InChI=1S/C17H27N3O2.2ClH/c1-19(17(21)11-15(12-18)22-2)13-14-7-3-4-8-16(14)20-9-5-6-10-20;;/h3-4,7-8,15H,5-6,9-13,18H2,1-2H3;2*1H. The van der Waals surface area contributed by atoms with E-state index in [4.69, 9.17) is 10.5 Å². The highest BCUT2D eigenvalue weighted by Gasteiger charge is 2.19. The molecule has 1 fully saturated rings. The molecule has 7 heteroatoms. The van der Waals surface area contributed by atoms with Gasteiger partial charge in [0.25, 0.3) is 0 Å². The second-order valence-electron chi connectivity index (χ2n) is 5.87. The van der Waals surface area contributed by atoms with Crippen LogP contribution >= 0.6 is 24.8 Å². The molecule has 0 spiro atoms. The maximum absolute atomic E-state index is 12.3. The molecule has 1 atom stereocenters. The first-order valence-corrected chi connectivity index (χ1v) is 7.95. The molecule has 2 N–H and O–H groups in total. The number of ether oxygens (including phenoxy) is 1. The van der Waals surface area contributed by atoms with Crippen LogP contribution in [0.5, 0.6) is 0 Å².